The number of carbonyl (C=O) groups excluding carboxylic acids is 2. The highest BCUT2D eigenvalue weighted by Crippen LogP contribution is 2.28. The van der Waals surface area contributed by atoms with Gasteiger partial charge in [-0.2, -0.15) is 0 Å². The SMILES string of the molecule is CCCCNC(=O)C(CC)N(Cc1cccc(C)c1)C(=O)CCc1ccc(OC)c(OC)c1. The third-order valence-corrected chi connectivity index (χ3v) is 5.73. The number of benzene rings is 2. The van der Waals surface area contributed by atoms with Gasteiger partial charge < -0.3 is 19.7 Å². The lowest BCUT2D eigenvalue weighted by molar-refractivity contribution is -0.141. The number of amides is 2. The van der Waals surface area contributed by atoms with Gasteiger partial charge >= 0.3 is 0 Å². The van der Waals surface area contributed by atoms with Gasteiger partial charge in [-0.05, 0) is 49.4 Å². The molecule has 2 amide bonds. The number of carbonyl (C=O) groups is 2. The topological polar surface area (TPSA) is 67.9 Å². The average Bonchev–Trinajstić information content (AvgIpc) is 2.82. The summed E-state index contributed by atoms with van der Waals surface area (Å²) in [6, 6.07) is 13.3. The molecule has 6 nitrogen and oxygen atoms in total. The van der Waals surface area contributed by atoms with Gasteiger partial charge in [0.15, 0.2) is 11.5 Å². The average molecular weight is 455 g/mol. The molecule has 0 spiro atoms. The van der Waals surface area contributed by atoms with Crippen LogP contribution in [0.3, 0.4) is 0 Å². The minimum absolute atomic E-state index is 0.0382. The minimum atomic E-state index is -0.500. The Morgan fingerprint density at radius 2 is 1.76 bits per heavy atom. The fraction of sp³-hybridized carbons (Fsp3) is 0.481. The van der Waals surface area contributed by atoms with Crippen molar-refractivity contribution in [2.75, 3.05) is 20.8 Å². The zero-order valence-electron chi connectivity index (χ0n) is 20.6. The molecule has 2 aromatic carbocycles. The largest absolute Gasteiger partial charge is 0.493 e. The first-order valence-corrected chi connectivity index (χ1v) is 11.8. The van der Waals surface area contributed by atoms with Gasteiger partial charge in [-0.3, -0.25) is 9.59 Å². The zero-order valence-corrected chi connectivity index (χ0v) is 20.6. The highest BCUT2D eigenvalue weighted by molar-refractivity contribution is 5.87. The van der Waals surface area contributed by atoms with Gasteiger partial charge in [-0.15, -0.1) is 0 Å². The Labute approximate surface area is 198 Å². The maximum atomic E-state index is 13.4. The third-order valence-electron chi connectivity index (χ3n) is 5.73. The molecule has 0 fully saturated rings. The number of aryl methyl sites for hydroxylation is 2. The molecule has 0 saturated heterocycles. The summed E-state index contributed by atoms with van der Waals surface area (Å²) >= 11 is 0. The van der Waals surface area contributed by atoms with Crippen LogP contribution in [0.15, 0.2) is 42.5 Å². The van der Waals surface area contributed by atoms with Crippen molar-refractivity contribution in [3.63, 3.8) is 0 Å². The Morgan fingerprint density at radius 1 is 1.00 bits per heavy atom. The molecule has 0 aliphatic rings. The first-order chi connectivity index (χ1) is 15.9. The Balaban J connectivity index is 2.20. The number of ether oxygens (including phenoxy) is 2. The van der Waals surface area contributed by atoms with E-state index in [-0.39, 0.29) is 11.8 Å². The molecule has 1 unspecified atom stereocenters. The van der Waals surface area contributed by atoms with Crippen molar-refractivity contribution >= 4 is 11.8 Å². The van der Waals surface area contributed by atoms with E-state index in [0.717, 1.165) is 29.5 Å². The molecule has 0 radical (unpaired) electrons. The van der Waals surface area contributed by atoms with E-state index in [4.69, 9.17) is 9.47 Å². The van der Waals surface area contributed by atoms with E-state index in [9.17, 15) is 9.59 Å². The minimum Gasteiger partial charge on any atom is -0.493 e. The van der Waals surface area contributed by atoms with Gasteiger partial charge in [0.25, 0.3) is 0 Å². The molecule has 2 aromatic rings. The van der Waals surface area contributed by atoms with Crippen LogP contribution < -0.4 is 14.8 Å². The van der Waals surface area contributed by atoms with Gasteiger partial charge in [0.05, 0.1) is 14.2 Å². The highest BCUT2D eigenvalue weighted by Gasteiger charge is 2.28. The van der Waals surface area contributed by atoms with Crippen LogP contribution in [0.4, 0.5) is 0 Å². The molecule has 33 heavy (non-hydrogen) atoms. The summed E-state index contributed by atoms with van der Waals surface area (Å²) in [6.07, 6.45) is 3.35. The molecule has 2 rings (SSSR count). The summed E-state index contributed by atoms with van der Waals surface area (Å²) in [6.45, 7) is 7.11. The molecule has 0 aliphatic carbocycles. The summed E-state index contributed by atoms with van der Waals surface area (Å²) in [5.74, 6) is 1.17. The predicted octanol–water partition coefficient (Wildman–Crippen LogP) is 4.67. The second-order valence-electron chi connectivity index (χ2n) is 8.27. The van der Waals surface area contributed by atoms with Crippen molar-refractivity contribution in [3.8, 4) is 11.5 Å². The molecule has 180 valence electrons. The Morgan fingerprint density at radius 3 is 2.39 bits per heavy atom. The molecule has 0 aromatic heterocycles. The van der Waals surface area contributed by atoms with Crippen molar-refractivity contribution in [2.24, 2.45) is 0 Å². The van der Waals surface area contributed by atoms with Crippen LogP contribution in [0.1, 0.15) is 56.2 Å². The van der Waals surface area contributed by atoms with Crippen LogP contribution >= 0.6 is 0 Å². The van der Waals surface area contributed by atoms with Crippen molar-refractivity contribution in [1.82, 2.24) is 10.2 Å². The first kappa shape index (κ1) is 26.2. The Bertz CT molecular complexity index is 913. The lowest BCUT2D eigenvalue weighted by atomic mass is 10.0. The fourth-order valence-electron chi connectivity index (χ4n) is 3.86. The predicted molar refractivity (Wildman–Crippen MR) is 132 cm³/mol. The third kappa shape index (κ3) is 7.81. The van der Waals surface area contributed by atoms with Crippen LogP contribution in [-0.2, 0) is 22.6 Å². The van der Waals surface area contributed by atoms with E-state index >= 15 is 0 Å². The Kier molecular flexibility index (Phi) is 10.7. The molecular formula is C27H38N2O4. The highest BCUT2D eigenvalue weighted by atomic mass is 16.5. The second-order valence-corrected chi connectivity index (χ2v) is 8.27. The smallest absolute Gasteiger partial charge is 0.242 e. The van der Waals surface area contributed by atoms with Gasteiger partial charge in [-0.1, -0.05) is 56.2 Å². The summed E-state index contributed by atoms with van der Waals surface area (Å²) in [4.78, 5) is 28.1. The summed E-state index contributed by atoms with van der Waals surface area (Å²) < 4.78 is 10.7. The van der Waals surface area contributed by atoms with Gasteiger partial charge in [0.1, 0.15) is 6.04 Å². The molecule has 1 atom stereocenters. The molecule has 0 bridgehead atoms. The van der Waals surface area contributed by atoms with Crippen LogP contribution in [-0.4, -0.2) is 43.5 Å². The zero-order chi connectivity index (χ0) is 24.2. The van der Waals surface area contributed by atoms with Crippen LogP contribution in [0.25, 0.3) is 0 Å². The van der Waals surface area contributed by atoms with Crippen molar-refractivity contribution in [2.45, 2.75) is 65.5 Å². The molecule has 0 saturated carbocycles. The number of hydrogen-bond acceptors (Lipinski definition) is 4. The number of hydrogen-bond donors (Lipinski definition) is 1. The van der Waals surface area contributed by atoms with Crippen molar-refractivity contribution in [3.05, 3.63) is 59.2 Å². The van der Waals surface area contributed by atoms with E-state index in [1.165, 1.54) is 0 Å². The fourth-order valence-corrected chi connectivity index (χ4v) is 3.86. The van der Waals surface area contributed by atoms with E-state index in [1.54, 1.807) is 19.1 Å². The lowest BCUT2D eigenvalue weighted by Crippen LogP contribution is -2.49. The quantitative estimate of drug-likeness (QED) is 0.447. The normalized spacial score (nSPS) is 11.5. The van der Waals surface area contributed by atoms with Crippen LogP contribution in [0.5, 0.6) is 11.5 Å². The van der Waals surface area contributed by atoms with Crippen molar-refractivity contribution in [1.29, 1.82) is 0 Å². The van der Waals surface area contributed by atoms with Crippen molar-refractivity contribution < 1.29 is 19.1 Å². The van der Waals surface area contributed by atoms with E-state index in [0.29, 0.717) is 43.9 Å². The first-order valence-electron chi connectivity index (χ1n) is 11.8. The second kappa shape index (κ2) is 13.5. The van der Waals surface area contributed by atoms with E-state index < -0.39 is 6.04 Å². The van der Waals surface area contributed by atoms with Crippen LogP contribution in [0.2, 0.25) is 0 Å². The maximum Gasteiger partial charge on any atom is 0.242 e. The summed E-state index contributed by atoms with van der Waals surface area (Å²) in [5.41, 5.74) is 3.14. The monoisotopic (exact) mass is 454 g/mol. The van der Waals surface area contributed by atoms with Gasteiger partial charge in [-0.25, -0.2) is 0 Å². The number of nitrogens with one attached hydrogen (secondary N) is 1. The number of unbranched alkanes of at least 4 members (excludes halogenated alkanes) is 1. The molecule has 0 aliphatic heterocycles. The number of nitrogens with zero attached hydrogens (tertiary/aromatic N) is 1. The number of methoxy groups -OCH3 is 2. The molecular weight excluding hydrogens is 416 g/mol. The van der Waals surface area contributed by atoms with Gasteiger partial charge in [0, 0.05) is 19.5 Å². The molecule has 1 N–H and O–H groups in total. The van der Waals surface area contributed by atoms with Crippen LogP contribution in [0, 0.1) is 6.92 Å². The number of rotatable bonds is 13. The maximum absolute atomic E-state index is 13.4. The summed E-state index contributed by atoms with van der Waals surface area (Å²) in [7, 11) is 3.19. The standard InChI is InChI=1S/C27H38N2O4/c1-6-8-16-28-27(31)23(7-2)29(19-22-11-9-10-20(3)17-22)26(30)15-13-21-12-14-24(32-4)25(18-21)33-5/h9-12,14,17-18,23H,6-8,13,15-16,19H2,1-5H3,(H,28,31). The van der Waals surface area contributed by atoms with Gasteiger partial charge in [0.2, 0.25) is 11.8 Å². The van der Waals surface area contributed by atoms with E-state index in [1.807, 2.05) is 50.2 Å². The summed E-state index contributed by atoms with van der Waals surface area (Å²) in [5, 5.41) is 3.01. The Hall–Kier alpha value is -3.02. The molecule has 6 heteroatoms. The lowest BCUT2D eigenvalue weighted by Gasteiger charge is -2.31. The van der Waals surface area contributed by atoms with E-state index in [2.05, 4.69) is 18.3 Å². The molecule has 0 heterocycles.